The molecule has 1 heterocycles. The third-order valence-corrected chi connectivity index (χ3v) is 3.58. The first-order chi connectivity index (χ1) is 11.6. The number of hydrogen-bond acceptors (Lipinski definition) is 6. The summed E-state index contributed by atoms with van der Waals surface area (Å²) in [4.78, 5) is 22.8. The van der Waals surface area contributed by atoms with Crippen molar-refractivity contribution in [1.29, 1.82) is 0 Å². The number of ether oxygens (including phenoxy) is 1. The van der Waals surface area contributed by atoms with Crippen molar-refractivity contribution in [2.75, 3.05) is 29.9 Å². The van der Waals surface area contributed by atoms with Crippen molar-refractivity contribution in [2.24, 2.45) is 0 Å². The normalized spacial score (nSPS) is 10.3. The summed E-state index contributed by atoms with van der Waals surface area (Å²) in [6, 6.07) is 9.07. The second kappa shape index (κ2) is 8.29. The minimum atomic E-state index is -0.314. The van der Waals surface area contributed by atoms with Crippen LogP contribution in [0.5, 0.6) is 0 Å². The molecule has 1 aromatic carbocycles. The summed E-state index contributed by atoms with van der Waals surface area (Å²) in [5.74, 6) is 2.03. The van der Waals surface area contributed by atoms with Crippen LogP contribution in [0.1, 0.15) is 37.0 Å². The van der Waals surface area contributed by atoms with Crippen LogP contribution in [0.4, 0.5) is 17.3 Å². The fraction of sp³-hybridized carbons (Fsp3) is 0.389. The quantitative estimate of drug-likeness (QED) is 0.784. The monoisotopic (exact) mass is 328 g/mol. The molecular weight excluding hydrogens is 304 g/mol. The van der Waals surface area contributed by atoms with Crippen LogP contribution in [-0.2, 0) is 4.74 Å². The summed E-state index contributed by atoms with van der Waals surface area (Å²) >= 11 is 0. The summed E-state index contributed by atoms with van der Waals surface area (Å²) in [5.41, 5.74) is 1.39. The van der Waals surface area contributed by atoms with Gasteiger partial charge in [-0.05, 0) is 52.0 Å². The van der Waals surface area contributed by atoms with E-state index in [-0.39, 0.29) is 5.97 Å². The second-order valence-electron chi connectivity index (χ2n) is 5.25. The van der Waals surface area contributed by atoms with Crippen molar-refractivity contribution >= 4 is 23.3 Å². The zero-order chi connectivity index (χ0) is 17.5. The number of esters is 1. The van der Waals surface area contributed by atoms with Crippen molar-refractivity contribution in [3.8, 4) is 0 Å². The average Bonchev–Trinajstić information content (AvgIpc) is 2.56. The van der Waals surface area contributed by atoms with Crippen molar-refractivity contribution in [2.45, 2.75) is 27.7 Å². The fourth-order valence-corrected chi connectivity index (χ4v) is 2.38. The molecule has 24 heavy (non-hydrogen) atoms. The Morgan fingerprint density at radius 2 is 1.79 bits per heavy atom. The van der Waals surface area contributed by atoms with E-state index >= 15 is 0 Å². The lowest BCUT2D eigenvalue weighted by atomic mass is 10.2. The topological polar surface area (TPSA) is 67.3 Å². The largest absolute Gasteiger partial charge is 0.462 e. The van der Waals surface area contributed by atoms with E-state index < -0.39 is 0 Å². The Balaban J connectivity index is 2.17. The van der Waals surface area contributed by atoms with Crippen molar-refractivity contribution in [1.82, 2.24) is 9.97 Å². The van der Waals surface area contributed by atoms with E-state index in [0.29, 0.717) is 18.0 Å². The van der Waals surface area contributed by atoms with Gasteiger partial charge >= 0.3 is 5.97 Å². The number of rotatable bonds is 7. The number of carbonyl (C=O) groups excluding carboxylic acids is 1. The molecule has 0 spiro atoms. The van der Waals surface area contributed by atoms with Crippen LogP contribution in [0.25, 0.3) is 0 Å². The van der Waals surface area contributed by atoms with E-state index in [2.05, 4.69) is 34.0 Å². The lowest BCUT2D eigenvalue weighted by molar-refractivity contribution is 0.0526. The number of aromatic nitrogens is 2. The number of nitrogens with one attached hydrogen (secondary N) is 1. The van der Waals surface area contributed by atoms with E-state index in [4.69, 9.17) is 4.74 Å². The van der Waals surface area contributed by atoms with Crippen molar-refractivity contribution in [3.05, 3.63) is 41.7 Å². The first-order valence-corrected chi connectivity index (χ1v) is 8.22. The maximum atomic E-state index is 11.7. The van der Waals surface area contributed by atoms with Gasteiger partial charge < -0.3 is 15.0 Å². The Bertz CT molecular complexity index is 682. The molecule has 0 radical (unpaired) electrons. The summed E-state index contributed by atoms with van der Waals surface area (Å²) < 4.78 is 4.98. The highest BCUT2D eigenvalue weighted by Crippen LogP contribution is 2.20. The Hall–Kier alpha value is -2.63. The molecule has 2 rings (SSSR count). The van der Waals surface area contributed by atoms with Crippen LogP contribution in [0.15, 0.2) is 30.3 Å². The van der Waals surface area contributed by atoms with Gasteiger partial charge in [-0.25, -0.2) is 14.8 Å². The van der Waals surface area contributed by atoms with Gasteiger partial charge in [0.15, 0.2) is 0 Å². The lowest BCUT2D eigenvalue weighted by Gasteiger charge is -2.20. The average molecular weight is 328 g/mol. The van der Waals surface area contributed by atoms with Gasteiger partial charge in [-0.2, -0.15) is 0 Å². The van der Waals surface area contributed by atoms with Gasteiger partial charge in [0.2, 0.25) is 0 Å². The summed E-state index contributed by atoms with van der Waals surface area (Å²) in [6.07, 6.45) is 0. The number of carbonyl (C=O) groups is 1. The maximum absolute atomic E-state index is 11.7. The van der Waals surface area contributed by atoms with Gasteiger partial charge in [0.1, 0.15) is 17.5 Å². The zero-order valence-corrected chi connectivity index (χ0v) is 14.7. The molecule has 0 aliphatic heterocycles. The summed E-state index contributed by atoms with van der Waals surface area (Å²) in [7, 11) is 0. The van der Waals surface area contributed by atoms with Crippen molar-refractivity contribution in [3.63, 3.8) is 0 Å². The van der Waals surface area contributed by atoms with E-state index in [0.717, 1.165) is 30.4 Å². The van der Waals surface area contributed by atoms with Crippen LogP contribution < -0.4 is 10.2 Å². The Morgan fingerprint density at radius 3 is 2.38 bits per heavy atom. The van der Waals surface area contributed by atoms with Gasteiger partial charge in [-0.1, -0.05) is 0 Å². The number of aryl methyl sites for hydroxylation is 1. The highest BCUT2D eigenvalue weighted by atomic mass is 16.5. The molecule has 0 bridgehead atoms. The minimum Gasteiger partial charge on any atom is -0.462 e. The Labute approximate surface area is 142 Å². The zero-order valence-electron chi connectivity index (χ0n) is 14.7. The number of anilines is 3. The van der Waals surface area contributed by atoms with Crippen LogP contribution in [0.2, 0.25) is 0 Å². The molecule has 6 heteroatoms. The summed E-state index contributed by atoms with van der Waals surface area (Å²) in [5, 5.41) is 3.26. The molecule has 0 saturated carbocycles. The predicted octanol–water partition coefficient (Wildman–Crippen LogP) is 3.55. The standard InChI is InChI=1S/C18H24N4O2/c1-5-22(6-2)17-12-16(19-13(4)20-17)21-15-10-8-14(9-11-15)18(23)24-7-3/h8-12H,5-7H2,1-4H3,(H,19,20,21). The number of nitrogens with zero attached hydrogens (tertiary/aromatic N) is 3. The number of hydrogen-bond donors (Lipinski definition) is 1. The molecule has 0 saturated heterocycles. The van der Waals surface area contributed by atoms with E-state index in [1.165, 1.54) is 0 Å². The van der Waals surface area contributed by atoms with Gasteiger partial charge in [-0.3, -0.25) is 0 Å². The molecule has 0 amide bonds. The van der Waals surface area contributed by atoms with Gasteiger partial charge in [0, 0.05) is 24.8 Å². The molecule has 0 atom stereocenters. The van der Waals surface area contributed by atoms with Crippen molar-refractivity contribution < 1.29 is 9.53 Å². The van der Waals surface area contributed by atoms with Crippen LogP contribution >= 0.6 is 0 Å². The summed E-state index contributed by atoms with van der Waals surface area (Å²) in [6.45, 7) is 10.0. The first-order valence-electron chi connectivity index (χ1n) is 8.22. The predicted molar refractivity (Wildman–Crippen MR) is 96.0 cm³/mol. The molecule has 128 valence electrons. The molecule has 1 aromatic heterocycles. The SMILES string of the molecule is CCOC(=O)c1ccc(Nc2cc(N(CC)CC)nc(C)n2)cc1. The van der Waals surface area contributed by atoms with E-state index in [1.54, 1.807) is 19.1 Å². The van der Waals surface area contributed by atoms with Crippen LogP contribution in [0, 0.1) is 6.92 Å². The molecule has 6 nitrogen and oxygen atoms in total. The Kier molecular flexibility index (Phi) is 6.12. The maximum Gasteiger partial charge on any atom is 0.338 e. The highest BCUT2D eigenvalue weighted by Gasteiger charge is 2.09. The highest BCUT2D eigenvalue weighted by molar-refractivity contribution is 5.89. The molecule has 0 aliphatic carbocycles. The molecule has 1 N–H and O–H groups in total. The Morgan fingerprint density at radius 1 is 1.12 bits per heavy atom. The van der Waals surface area contributed by atoms with Crippen LogP contribution in [0.3, 0.4) is 0 Å². The second-order valence-corrected chi connectivity index (χ2v) is 5.25. The third-order valence-electron chi connectivity index (χ3n) is 3.58. The lowest BCUT2D eigenvalue weighted by Crippen LogP contribution is -2.23. The van der Waals surface area contributed by atoms with Gasteiger partial charge in [0.25, 0.3) is 0 Å². The molecular formula is C18H24N4O2. The third kappa shape index (κ3) is 4.44. The first kappa shape index (κ1) is 17.7. The molecule has 0 aliphatic rings. The van der Waals surface area contributed by atoms with Gasteiger partial charge in [0.05, 0.1) is 12.2 Å². The molecule has 0 fully saturated rings. The van der Waals surface area contributed by atoms with Crippen LogP contribution in [-0.4, -0.2) is 35.6 Å². The fourth-order valence-electron chi connectivity index (χ4n) is 2.38. The van der Waals surface area contributed by atoms with E-state index in [1.807, 2.05) is 25.1 Å². The van der Waals surface area contributed by atoms with Gasteiger partial charge in [-0.15, -0.1) is 0 Å². The molecule has 0 unspecified atom stereocenters. The smallest absolute Gasteiger partial charge is 0.338 e. The minimum absolute atomic E-state index is 0.314. The molecule has 2 aromatic rings. The van der Waals surface area contributed by atoms with E-state index in [9.17, 15) is 4.79 Å². The number of benzene rings is 1.